The summed E-state index contributed by atoms with van der Waals surface area (Å²) in [5, 5.41) is 7.69. The van der Waals surface area contributed by atoms with Crippen molar-refractivity contribution in [3.05, 3.63) is 35.7 Å². The zero-order valence-corrected chi connectivity index (χ0v) is 11.5. The quantitative estimate of drug-likeness (QED) is 0.788. The van der Waals surface area contributed by atoms with Crippen LogP contribution in [0.2, 0.25) is 0 Å². The minimum Gasteiger partial charge on any atom is -0.406 e. The molecule has 1 aromatic heterocycles. The van der Waals surface area contributed by atoms with Crippen LogP contribution in [0.25, 0.3) is 0 Å². The Balaban J connectivity index is 2.29. The van der Waals surface area contributed by atoms with E-state index in [-0.39, 0.29) is 5.38 Å². The van der Waals surface area contributed by atoms with Gasteiger partial charge in [-0.2, -0.15) is 0 Å². The van der Waals surface area contributed by atoms with Crippen LogP contribution >= 0.6 is 11.6 Å². The predicted molar refractivity (Wildman–Crippen MR) is 72.4 cm³/mol. The first-order valence-electron chi connectivity index (χ1n) is 5.93. The van der Waals surface area contributed by atoms with Gasteiger partial charge in [-0.15, -0.1) is 16.7 Å². The van der Waals surface area contributed by atoms with E-state index in [2.05, 4.69) is 29.3 Å². The van der Waals surface area contributed by atoms with E-state index in [0.717, 1.165) is 12.2 Å². The molecule has 0 N–H and O–H groups in total. The summed E-state index contributed by atoms with van der Waals surface area (Å²) in [4.78, 5) is 1.95. The van der Waals surface area contributed by atoms with E-state index in [1.165, 1.54) is 5.56 Å². The van der Waals surface area contributed by atoms with Crippen LogP contribution in [-0.4, -0.2) is 16.7 Å². The zero-order chi connectivity index (χ0) is 13.1. The Kier molecular flexibility index (Phi) is 3.87. The number of aromatic nitrogens is 2. The molecule has 96 valence electrons. The second-order valence-corrected chi connectivity index (χ2v) is 4.77. The van der Waals surface area contributed by atoms with Gasteiger partial charge in [-0.1, -0.05) is 22.8 Å². The molecule has 0 fully saturated rings. The van der Waals surface area contributed by atoms with Gasteiger partial charge in [0, 0.05) is 12.2 Å². The molecule has 0 aliphatic rings. The Labute approximate surface area is 112 Å². The van der Waals surface area contributed by atoms with Crippen molar-refractivity contribution < 1.29 is 4.42 Å². The third kappa shape index (κ3) is 2.64. The third-order valence-electron chi connectivity index (χ3n) is 2.66. The summed E-state index contributed by atoms with van der Waals surface area (Å²) >= 11 is 5.92. The predicted octanol–water partition coefficient (Wildman–Crippen LogP) is 3.84. The maximum absolute atomic E-state index is 5.92. The number of aryl methyl sites for hydroxylation is 1. The molecule has 0 saturated carbocycles. The Hall–Kier alpha value is -1.55. The van der Waals surface area contributed by atoms with E-state index in [1.807, 2.05) is 24.0 Å². The van der Waals surface area contributed by atoms with Crippen molar-refractivity contribution in [1.82, 2.24) is 10.2 Å². The number of benzene rings is 1. The van der Waals surface area contributed by atoms with E-state index in [9.17, 15) is 0 Å². The van der Waals surface area contributed by atoms with E-state index >= 15 is 0 Å². The molecule has 18 heavy (non-hydrogen) atoms. The molecule has 1 atom stereocenters. The molecule has 4 nitrogen and oxygen atoms in total. The molecule has 1 unspecified atom stereocenters. The van der Waals surface area contributed by atoms with Gasteiger partial charge in [-0.3, -0.25) is 4.90 Å². The first-order chi connectivity index (χ1) is 8.61. The van der Waals surface area contributed by atoms with Gasteiger partial charge in [0.15, 0.2) is 0 Å². The highest BCUT2D eigenvalue weighted by atomic mass is 35.5. The molecule has 0 saturated heterocycles. The number of rotatable bonds is 4. The fraction of sp³-hybridized carbons (Fsp3) is 0.385. The minimum absolute atomic E-state index is 0.275. The highest BCUT2D eigenvalue weighted by Crippen LogP contribution is 2.27. The average molecular weight is 266 g/mol. The lowest BCUT2D eigenvalue weighted by Crippen LogP contribution is -2.16. The molecule has 0 radical (unpaired) electrons. The van der Waals surface area contributed by atoms with Gasteiger partial charge in [-0.05, 0) is 32.9 Å². The van der Waals surface area contributed by atoms with Gasteiger partial charge >= 0.3 is 6.01 Å². The lowest BCUT2D eigenvalue weighted by atomic mass is 10.2. The van der Waals surface area contributed by atoms with Crippen molar-refractivity contribution in [3.8, 4) is 0 Å². The lowest BCUT2D eigenvalue weighted by molar-refractivity contribution is 0.496. The maximum atomic E-state index is 5.92. The summed E-state index contributed by atoms with van der Waals surface area (Å²) in [5.41, 5.74) is 2.25. The van der Waals surface area contributed by atoms with Crippen LogP contribution in [0.3, 0.4) is 0 Å². The van der Waals surface area contributed by atoms with Gasteiger partial charge < -0.3 is 4.42 Å². The smallest absolute Gasteiger partial charge is 0.322 e. The molecule has 1 aromatic carbocycles. The van der Waals surface area contributed by atoms with Gasteiger partial charge in [0.2, 0.25) is 5.89 Å². The van der Waals surface area contributed by atoms with Gasteiger partial charge in [-0.25, -0.2) is 0 Å². The number of hydrogen-bond donors (Lipinski definition) is 0. The van der Waals surface area contributed by atoms with Gasteiger partial charge in [0.25, 0.3) is 0 Å². The largest absolute Gasteiger partial charge is 0.406 e. The monoisotopic (exact) mass is 265 g/mol. The summed E-state index contributed by atoms with van der Waals surface area (Å²) in [6.07, 6.45) is 0. The second-order valence-electron chi connectivity index (χ2n) is 4.12. The van der Waals surface area contributed by atoms with Crippen molar-refractivity contribution in [3.63, 3.8) is 0 Å². The van der Waals surface area contributed by atoms with Crippen molar-refractivity contribution in [1.29, 1.82) is 0 Å². The summed E-state index contributed by atoms with van der Waals surface area (Å²) in [7, 11) is 0. The fourth-order valence-electron chi connectivity index (χ4n) is 1.65. The minimum atomic E-state index is -0.275. The molecule has 2 rings (SSSR count). The Bertz CT molecular complexity index is 507. The van der Waals surface area contributed by atoms with E-state index < -0.39 is 0 Å². The molecule has 0 aliphatic carbocycles. The standard InChI is InChI=1S/C13H16ClN3O/c1-4-17(11-7-5-9(2)6-8-11)13-16-15-12(18-13)10(3)14/h5-8,10H,4H2,1-3H3. The van der Waals surface area contributed by atoms with Crippen molar-refractivity contribution in [2.45, 2.75) is 26.1 Å². The first kappa shape index (κ1) is 12.9. The highest BCUT2D eigenvalue weighted by Gasteiger charge is 2.17. The van der Waals surface area contributed by atoms with Crippen LogP contribution < -0.4 is 4.90 Å². The molecule has 0 amide bonds. The Morgan fingerprint density at radius 2 is 1.94 bits per heavy atom. The first-order valence-corrected chi connectivity index (χ1v) is 6.37. The van der Waals surface area contributed by atoms with Crippen LogP contribution in [0.5, 0.6) is 0 Å². The number of halogens is 1. The van der Waals surface area contributed by atoms with E-state index in [4.69, 9.17) is 16.0 Å². The zero-order valence-electron chi connectivity index (χ0n) is 10.7. The van der Waals surface area contributed by atoms with Crippen LogP contribution in [-0.2, 0) is 0 Å². The molecular weight excluding hydrogens is 250 g/mol. The molecule has 0 aliphatic heterocycles. The van der Waals surface area contributed by atoms with Gasteiger partial charge in [0.05, 0.1) is 0 Å². The van der Waals surface area contributed by atoms with Crippen LogP contribution in [0, 0.1) is 6.92 Å². The molecule has 2 aromatic rings. The van der Waals surface area contributed by atoms with Crippen molar-refractivity contribution >= 4 is 23.3 Å². The number of nitrogens with zero attached hydrogens (tertiary/aromatic N) is 3. The molecule has 1 heterocycles. The highest BCUT2D eigenvalue weighted by molar-refractivity contribution is 6.20. The number of anilines is 2. The Morgan fingerprint density at radius 1 is 1.28 bits per heavy atom. The maximum Gasteiger partial charge on any atom is 0.322 e. The van der Waals surface area contributed by atoms with Gasteiger partial charge in [0.1, 0.15) is 5.38 Å². The SMILES string of the molecule is CCN(c1ccc(C)cc1)c1nnc(C(C)Cl)o1. The molecule has 5 heteroatoms. The molecular formula is C13H16ClN3O. The lowest BCUT2D eigenvalue weighted by Gasteiger charge is -2.18. The van der Waals surface area contributed by atoms with Crippen molar-refractivity contribution in [2.75, 3.05) is 11.4 Å². The summed E-state index contributed by atoms with van der Waals surface area (Å²) < 4.78 is 5.55. The van der Waals surface area contributed by atoms with E-state index in [1.54, 1.807) is 6.92 Å². The molecule has 0 bridgehead atoms. The summed E-state index contributed by atoms with van der Waals surface area (Å²) in [6.45, 7) is 6.65. The molecule has 0 spiro atoms. The number of hydrogen-bond acceptors (Lipinski definition) is 4. The summed E-state index contributed by atoms with van der Waals surface area (Å²) in [6, 6.07) is 8.65. The van der Waals surface area contributed by atoms with Crippen LogP contribution in [0.15, 0.2) is 28.7 Å². The summed E-state index contributed by atoms with van der Waals surface area (Å²) in [5.74, 6) is 0.442. The van der Waals surface area contributed by atoms with Crippen LogP contribution in [0.1, 0.15) is 30.7 Å². The topological polar surface area (TPSA) is 42.2 Å². The normalized spacial score (nSPS) is 12.4. The van der Waals surface area contributed by atoms with E-state index in [0.29, 0.717) is 11.9 Å². The van der Waals surface area contributed by atoms with Crippen molar-refractivity contribution in [2.24, 2.45) is 0 Å². The Morgan fingerprint density at radius 3 is 2.44 bits per heavy atom. The fourth-order valence-corrected chi connectivity index (χ4v) is 1.74. The van der Waals surface area contributed by atoms with Crippen LogP contribution in [0.4, 0.5) is 11.7 Å². The average Bonchev–Trinajstić information content (AvgIpc) is 2.82. The number of alkyl halides is 1. The third-order valence-corrected chi connectivity index (χ3v) is 2.85. The second kappa shape index (κ2) is 5.40.